The maximum absolute atomic E-state index is 11.2. The normalized spacial score (nSPS) is 14.6. The number of benzene rings is 3. The summed E-state index contributed by atoms with van der Waals surface area (Å²) in [4.78, 5) is 15.2. The van der Waals surface area contributed by atoms with Crippen molar-refractivity contribution in [2.75, 3.05) is 18.5 Å². The molecule has 184 valence electrons. The van der Waals surface area contributed by atoms with Crippen LogP contribution in [0.2, 0.25) is 5.02 Å². The van der Waals surface area contributed by atoms with Crippen LogP contribution in [-0.4, -0.2) is 52.9 Å². The van der Waals surface area contributed by atoms with Crippen molar-refractivity contribution >= 4 is 46.3 Å². The van der Waals surface area contributed by atoms with E-state index in [0.29, 0.717) is 57.8 Å². The first-order valence-electron chi connectivity index (χ1n) is 11.2. The van der Waals surface area contributed by atoms with E-state index in [4.69, 9.17) is 25.6 Å². The number of carbonyl (C=O) groups is 1. The monoisotopic (exact) mass is 507 g/mol. The zero-order valence-corrected chi connectivity index (χ0v) is 19.9. The summed E-state index contributed by atoms with van der Waals surface area (Å²) in [6.45, 7) is 2.40. The second-order valence-corrected chi connectivity index (χ2v) is 8.62. The van der Waals surface area contributed by atoms with Crippen LogP contribution in [0.4, 0.5) is 11.5 Å². The molecule has 5 rings (SSSR count). The van der Waals surface area contributed by atoms with Gasteiger partial charge >= 0.3 is 5.97 Å². The highest BCUT2D eigenvalue weighted by Gasteiger charge is 2.21. The fraction of sp³-hybridized carbons (Fsp3) is 0.192. The highest BCUT2D eigenvalue weighted by atomic mass is 35.5. The van der Waals surface area contributed by atoms with Crippen molar-refractivity contribution in [3.63, 3.8) is 0 Å². The molecule has 1 aromatic heterocycles. The van der Waals surface area contributed by atoms with Crippen molar-refractivity contribution in [1.82, 2.24) is 5.16 Å². The molecular formula is C26H22ClN3O6. The van der Waals surface area contributed by atoms with Crippen LogP contribution in [0, 0.1) is 0 Å². The highest BCUT2D eigenvalue weighted by molar-refractivity contribution is 6.36. The van der Waals surface area contributed by atoms with E-state index in [1.54, 1.807) is 18.2 Å². The molecule has 2 heterocycles. The molecule has 0 saturated heterocycles. The number of carboxylic acid groups (broad SMARTS) is 1. The molecule has 2 atom stereocenters. The van der Waals surface area contributed by atoms with Crippen LogP contribution in [0.5, 0.6) is 11.5 Å². The molecule has 0 aliphatic carbocycles. The summed E-state index contributed by atoms with van der Waals surface area (Å²) in [7, 11) is 0. The number of rotatable bonds is 7. The van der Waals surface area contributed by atoms with Gasteiger partial charge in [-0.2, -0.15) is 0 Å². The lowest BCUT2D eigenvalue weighted by molar-refractivity contribution is -0.140. The molecule has 1 aliphatic heterocycles. The maximum Gasteiger partial charge on any atom is 0.331 e. The standard InChI is InChI=1S/C26H22ClN3O6/c1-14(31)24(26(32)33)28-13-15-5-7-18-21(11-15)36-30-25(18)29-19-4-2-3-17(23(19)27)16-6-8-20-22(12-16)35-10-9-34-20/h2-8,11-14,24,31H,9-10H2,1H3,(H,29,30)(H,32,33). The number of aliphatic hydroxyl groups is 1. The minimum absolute atomic E-state index is 0.474. The molecule has 0 spiro atoms. The Labute approximate surface area is 210 Å². The van der Waals surface area contributed by atoms with Crippen LogP contribution in [0.25, 0.3) is 22.1 Å². The van der Waals surface area contributed by atoms with Gasteiger partial charge in [0, 0.05) is 11.8 Å². The molecule has 4 aromatic rings. The van der Waals surface area contributed by atoms with Crippen molar-refractivity contribution in [2.45, 2.75) is 19.1 Å². The van der Waals surface area contributed by atoms with Crippen molar-refractivity contribution in [1.29, 1.82) is 0 Å². The lowest BCUT2D eigenvalue weighted by atomic mass is 10.0. The number of nitrogens with one attached hydrogen (secondary N) is 1. The highest BCUT2D eigenvalue weighted by Crippen LogP contribution is 2.40. The molecule has 0 saturated carbocycles. The summed E-state index contributed by atoms with van der Waals surface area (Å²) in [6, 6.07) is 15.3. The molecule has 10 heteroatoms. The number of carboxylic acids is 1. The van der Waals surface area contributed by atoms with E-state index in [0.717, 1.165) is 11.1 Å². The first-order chi connectivity index (χ1) is 17.4. The van der Waals surface area contributed by atoms with Gasteiger partial charge in [0.25, 0.3) is 0 Å². The smallest absolute Gasteiger partial charge is 0.331 e. The van der Waals surface area contributed by atoms with Crippen LogP contribution in [0.1, 0.15) is 12.5 Å². The van der Waals surface area contributed by atoms with Crippen molar-refractivity contribution in [3.8, 4) is 22.6 Å². The number of aromatic nitrogens is 1. The fourth-order valence-electron chi connectivity index (χ4n) is 3.88. The Morgan fingerprint density at radius 2 is 1.94 bits per heavy atom. The largest absolute Gasteiger partial charge is 0.486 e. The number of aliphatic hydroxyl groups excluding tert-OH is 1. The van der Waals surface area contributed by atoms with Gasteiger partial charge in [-0.3, -0.25) is 4.99 Å². The molecular weight excluding hydrogens is 486 g/mol. The summed E-state index contributed by atoms with van der Waals surface area (Å²) < 4.78 is 16.8. The molecule has 0 amide bonds. The minimum atomic E-state index is -1.25. The average Bonchev–Trinajstić information content (AvgIpc) is 3.26. The summed E-state index contributed by atoms with van der Waals surface area (Å²) >= 11 is 6.76. The number of aliphatic carboxylic acids is 1. The number of aliphatic imine (C=N–C) groups is 1. The zero-order valence-electron chi connectivity index (χ0n) is 19.1. The van der Waals surface area contributed by atoms with Gasteiger partial charge in [0.05, 0.1) is 22.2 Å². The van der Waals surface area contributed by atoms with E-state index in [2.05, 4.69) is 15.5 Å². The van der Waals surface area contributed by atoms with E-state index < -0.39 is 18.1 Å². The Balaban J connectivity index is 1.40. The molecule has 3 N–H and O–H groups in total. The third-order valence-electron chi connectivity index (χ3n) is 5.70. The van der Waals surface area contributed by atoms with Crippen LogP contribution in [0.3, 0.4) is 0 Å². The second kappa shape index (κ2) is 9.88. The molecule has 36 heavy (non-hydrogen) atoms. The summed E-state index contributed by atoms with van der Waals surface area (Å²) in [5.41, 5.74) is 3.43. The van der Waals surface area contributed by atoms with Crippen molar-refractivity contribution in [3.05, 3.63) is 65.2 Å². The number of hydrogen-bond acceptors (Lipinski definition) is 8. The number of halogens is 1. The van der Waals surface area contributed by atoms with E-state index >= 15 is 0 Å². The Hall–Kier alpha value is -4.08. The summed E-state index contributed by atoms with van der Waals surface area (Å²) in [6.07, 6.45) is 0.264. The third-order valence-corrected chi connectivity index (χ3v) is 6.10. The van der Waals surface area contributed by atoms with E-state index in [9.17, 15) is 15.0 Å². The molecule has 3 aromatic carbocycles. The minimum Gasteiger partial charge on any atom is -0.486 e. The number of anilines is 2. The first kappa shape index (κ1) is 23.7. The molecule has 0 bridgehead atoms. The van der Waals surface area contributed by atoms with E-state index in [1.165, 1.54) is 13.1 Å². The van der Waals surface area contributed by atoms with Gasteiger partial charge in [0.15, 0.2) is 28.9 Å². The van der Waals surface area contributed by atoms with Crippen LogP contribution >= 0.6 is 11.6 Å². The zero-order chi connectivity index (χ0) is 25.2. The Morgan fingerprint density at radius 3 is 2.72 bits per heavy atom. The van der Waals surface area contributed by atoms with Gasteiger partial charge in [0.2, 0.25) is 0 Å². The van der Waals surface area contributed by atoms with Gasteiger partial charge < -0.3 is 29.5 Å². The molecule has 1 aliphatic rings. The number of hydrogen-bond donors (Lipinski definition) is 3. The van der Waals surface area contributed by atoms with Crippen LogP contribution in [0.15, 0.2) is 64.1 Å². The molecule has 0 fully saturated rings. The Morgan fingerprint density at radius 1 is 1.14 bits per heavy atom. The lowest BCUT2D eigenvalue weighted by Gasteiger charge is -2.19. The summed E-state index contributed by atoms with van der Waals surface area (Å²) in [5, 5.41) is 27.3. The van der Waals surface area contributed by atoms with E-state index in [1.807, 2.05) is 36.4 Å². The SMILES string of the molecule is CC(O)C(N=Cc1ccc2c(Nc3cccc(-c4ccc5c(c4)OCCO5)c3Cl)noc2c1)C(=O)O. The van der Waals surface area contributed by atoms with Gasteiger partial charge in [0.1, 0.15) is 13.2 Å². The molecule has 0 radical (unpaired) electrons. The predicted molar refractivity (Wildman–Crippen MR) is 136 cm³/mol. The fourth-order valence-corrected chi connectivity index (χ4v) is 4.16. The lowest BCUT2D eigenvalue weighted by Crippen LogP contribution is -2.29. The number of ether oxygens (including phenoxy) is 2. The Bertz CT molecular complexity index is 1470. The number of fused-ring (bicyclic) bond motifs is 2. The van der Waals surface area contributed by atoms with Gasteiger partial charge in [-0.05, 0) is 48.4 Å². The van der Waals surface area contributed by atoms with Crippen molar-refractivity contribution in [2.24, 2.45) is 4.99 Å². The second-order valence-electron chi connectivity index (χ2n) is 8.24. The molecule has 9 nitrogen and oxygen atoms in total. The maximum atomic E-state index is 11.2. The predicted octanol–water partition coefficient (Wildman–Crippen LogP) is 4.92. The van der Waals surface area contributed by atoms with Crippen LogP contribution < -0.4 is 14.8 Å². The average molecular weight is 508 g/mol. The first-order valence-corrected chi connectivity index (χ1v) is 11.6. The summed E-state index contributed by atoms with van der Waals surface area (Å²) in [5.74, 6) is 0.655. The van der Waals surface area contributed by atoms with Crippen molar-refractivity contribution < 1.29 is 29.0 Å². The third kappa shape index (κ3) is 4.71. The van der Waals surface area contributed by atoms with E-state index in [-0.39, 0.29) is 0 Å². The molecule has 2 unspecified atom stereocenters. The van der Waals surface area contributed by atoms with Gasteiger partial charge in [-0.25, -0.2) is 4.79 Å². The van der Waals surface area contributed by atoms with Gasteiger partial charge in [-0.1, -0.05) is 41.0 Å². The quantitative estimate of drug-likeness (QED) is 0.301. The van der Waals surface area contributed by atoms with Crippen LogP contribution in [-0.2, 0) is 4.79 Å². The Kier molecular flexibility index (Phi) is 6.49. The number of nitrogens with zero attached hydrogens (tertiary/aromatic N) is 2. The van der Waals surface area contributed by atoms with Gasteiger partial charge in [-0.15, -0.1) is 0 Å². The topological polar surface area (TPSA) is 126 Å².